The fourth-order valence-electron chi connectivity index (χ4n) is 2.12. The van der Waals surface area contributed by atoms with E-state index in [9.17, 15) is 8.78 Å². The molecule has 0 atom stereocenters. The predicted octanol–water partition coefficient (Wildman–Crippen LogP) is 4.81. The van der Waals surface area contributed by atoms with Crippen LogP contribution in [0.1, 0.15) is 5.82 Å². The van der Waals surface area contributed by atoms with E-state index in [1.807, 2.05) is 0 Å². The molecule has 3 rings (SSSR count). The van der Waals surface area contributed by atoms with Crippen LogP contribution in [-0.4, -0.2) is 9.55 Å². The highest BCUT2D eigenvalue weighted by Gasteiger charge is 2.15. The Balaban J connectivity index is 2.34. The van der Waals surface area contributed by atoms with E-state index in [-0.39, 0.29) is 17.2 Å². The van der Waals surface area contributed by atoms with Crippen molar-refractivity contribution in [1.82, 2.24) is 9.55 Å². The van der Waals surface area contributed by atoms with Crippen molar-refractivity contribution in [2.45, 2.75) is 5.88 Å². The lowest BCUT2D eigenvalue weighted by Gasteiger charge is -2.08. The molecule has 0 fully saturated rings. The van der Waals surface area contributed by atoms with Crippen LogP contribution >= 0.6 is 27.5 Å². The zero-order valence-electron chi connectivity index (χ0n) is 10.1. The van der Waals surface area contributed by atoms with Gasteiger partial charge in [0.25, 0.3) is 0 Å². The van der Waals surface area contributed by atoms with Gasteiger partial charge in [-0.25, -0.2) is 13.8 Å². The van der Waals surface area contributed by atoms with Crippen LogP contribution in [0.25, 0.3) is 16.7 Å². The maximum atomic E-state index is 13.8. The first-order valence-corrected chi connectivity index (χ1v) is 7.12. The van der Waals surface area contributed by atoms with Crippen LogP contribution in [0.2, 0.25) is 0 Å². The highest BCUT2D eigenvalue weighted by molar-refractivity contribution is 9.10. The van der Waals surface area contributed by atoms with Crippen molar-refractivity contribution in [2.24, 2.45) is 0 Å². The number of nitrogens with zero attached hydrogens (tertiary/aromatic N) is 2. The van der Waals surface area contributed by atoms with Gasteiger partial charge in [0.2, 0.25) is 0 Å². The number of fused-ring (bicyclic) bond motifs is 1. The van der Waals surface area contributed by atoms with E-state index in [0.29, 0.717) is 21.5 Å². The second-order valence-corrected chi connectivity index (χ2v) is 5.32. The molecular weight excluding hydrogens is 350 g/mol. The van der Waals surface area contributed by atoms with Gasteiger partial charge < -0.3 is 0 Å². The molecule has 1 heterocycles. The lowest BCUT2D eigenvalue weighted by molar-refractivity contribution is 0.620. The SMILES string of the molecule is Fc1ccc(-n2c(CCl)nc3c(F)cccc32)cc1Br. The van der Waals surface area contributed by atoms with E-state index in [1.165, 1.54) is 12.1 Å². The van der Waals surface area contributed by atoms with Gasteiger partial charge in [0.15, 0.2) is 5.82 Å². The Labute approximate surface area is 127 Å². The molecule has 0 bridgehead atoms. The molecule has 1 aromatic heterocycles. The number of hydrogen-bond acceptors (Lipinski definition) is 1. The monoisotopic (exact) mass is 356 g/mol. The van der Waals surface area contributed by atoms with E-state index in [1.54, 1.807) is 28.8 Å². The molecule has 20 heavy (non-hydrogen) atoms. The maximum absolute atomic E-state index is 13.8. The third-order valence-corrected chi connectivity index (χ3v) is 3.83. The summed E-state index contributed by atoms with van der Waals surface area (Å²) in [5.41, 5.74) is 1.52. The second kappa shape index (κ2) is 5.14. The highest BCUT2D eigenvalue weighted by Crippen LogP contribution is 2.27. The number of imidazole rings is 1. The fraction of sp³-hybridized carbons (Fsp3) is 0.0714. The molecule has 0 saturated carbocycles. The van der Waals surface area contributed by atoms with E-state index < -0.39 is 5.82 Å². The average Bonchev–Trinajstić information content (AvgIpc) is 2.82. The topological polar surface area (TPSA) is 17.8 Å². The maximum Gasteiger partial charge on any atom is 0.151 e. The highest BCUT2D eigenvalue weighted by atomic mass is 79.9. The Morgan fingerprint density at radius 2 is 1.95 bits per heavy atom. The number of para-hydroxylation sites is 1. The quantitative estimate of drug-likeness (QED) is 0.602. The Hall–Kier alpha value is -1.46. The van der Waals surface area contributed by atoms with Crippen molar-refractivity contribution in [3.05, 3.63) is 58.3 Å². The van der Waals surface area contributed by atoms with Crippen LogP contribution in [0, 0.1) is 11.6 Å². The number of hydrogen-bond donors (Lipinski definition) is 0. The van der Waals surface area contributed by atoms with Crippen LogP contribution < -0.4 is 0 Å². The Kier molecular flexibility index (Phi) is 3.48. The number of aromatic nitrogens is 2. The first kappa shape index (κ1) is 13.5. The van der Waals surface area contributed by atoms with Crippen molar-refractivity contribution < 1.29 is 8.78 Å². The molecule has 102 valence electrons. The summed E-state index contributed by atoms with van der Waals surface area (Å²) in [4.78, 5) is 4.21. The predicted molar refractivity (Wildman–Crippen MR) is 78.2 cm³/mol. The van der Waals surface area contributed by atoms with Crippen molar-refractivity contribution in [3.8, 4) is 5.69 Å². The zero-order valence-corrected chi connectivity index (χ0v) is 12.4. The molecule has 0 amide bonds. The van der Waals surface area contributed by atoms with E-state index in [2.05, 4.69) is 20.9 Å². The van der Waals surface area contributed by atoms with Gasteiger partial charge in [-0.3, -0.25) is 4.57 Å². The minimum atomic E-state index is -0.409. The third kappa shape index (κ3) is 2.11. The standard InChI is InChI=1S/C14H8BrClF2N2/c15-9-6-8(4-5-10(9)17)20-12-3-1-2-11(18)14(12)19-13(20)7-16/h1-6H,7H2. The molecule has 6 heteroatoms. The Bertz CT molecular complexity index is 801. The molecule has 0 aliphatic carbocycles. The summed E-state index contributed by atoms with van der Waals surface area (Å²) in [6, 6.07) is 9.24. The molecule has 0 radical (unpaired) electrons. The van der Waals surface area contributed by atoms with Crippen LogP contribution in [0.15, 0.2) is 40.9 Å². The van der Waals surface area contributed by atoms with Crippen molar-refractivity contribution in [3.63, 3.8) is 0 Å². The third-order valence-electron chi connectivity index (χ3n) is 2.99. The Morgan fingerprint density at radius 1 is 1.15 bits per heavy atom. The zero-order chi connectivity index (χ0) is 14.3. The summed E-state index contributed by atoms with van der Waals surface area (Å²) >= 11 is 9.03. The van der Waals surface area contributed by atoms with Crippen LogP contribution in [-0.2, 0) is 5.88 Å². The molecular formula is C14H8BrClF2N2. The summed E-state index contributed by atoms with van der Waals surface area (Å²) in [5.74, 6) is -0.140. The molecule has 0 unspecified atom stereocenters. The fourth-order valence-corrected chi connectivity index (χ4v) is 2.66. The van der Waals surface area contributed by atoms with Gasteiger partial charge in [0.1, 0.15) is 17.2 Å². The number of benzene rings is 2. The molecule has 0 spiro atoms. The average molecular weight is 358 g/mol. The lowest BCUT2D eigenvalue weighted by atomic mass is 10.2. The number of rotatable bonds is 2. The summed E-state index contributed by atoms with van der Waals surface area (Å²) in [6.07, 6.45) is 0. The van der Waals surface area contributed by atoms with Crippen molar-refractivity contribution in [2.75, 3.05) is 0 Å². The van der Waals surface area contributed by atoms with Gasteiger partial charge >= 0.3 is 0 Å². The molecule has 2 aromatic carbocycles. The number of halogens is 4. The van der Waals surface area contributed by atoms with E-state index in [0.717, 1.165) is 0 Å². The minimum absolute atomic E-state index is 0.128. The first-order chi connectivity index (χ1) is 9.61. The molecule has 0 aliphatic heterocycles. The number of alkyl halides is 1. The van der Waals surface area contributed by atoms with Gasteiger partial charge in [-0.2, -0.15) is 0 Å². The van der Waals surface area contributed by atoms with Gasteiger partial charge in [-0.15, -0.1) is 11.6 Å². The summed E-state index contributed by atoms with van der Waals surface area (Å²) < 4.78 is 29.2. The molecule has 0 saturated heterocycles. The second-order valence-electron chi connectivity index (χ2n) is 4.20. The largest absolute Gasteiger partial charge is 0.295 e. The van der Waals surface area contributed by atoms with Gasteiger partial charge in [0, 0.05) is 5.69 Å². The molecule has 2 nitrogen and oxygen atoms in total. The van der Waals surface area contributed by atoms with Gasteiger partial charge in [0.05, 0.1) is 15.9 Å². The summed E-state index contributed by atoms with van der Waals surface area (Å²) in [5, 5.41) is 0. The van der Waals surface area contributed by atoms with E-state index >= 15 is 0 Å². The Morgan fingerprint density at radius 3 is 2.65 bits per heavy atom. The van der Waals surface area contributed by atoms with Crippen LogP contribution in [0.5, 0.6) is 0 Å². The molecule has 0 N–H and O–H groups in total. The van der Waals surface area contributed by atoms with Crippen molar-refractivity contribution >= 4 is 38.6 Å². The summed E-state index contributed by atoms with van der Waals surface area (Å²) in [6.45, 7) is 0. The van der Waals surface area contributed by atoms with Crippen molar-refractivity contribution in [1.29, 1.82) is 0 Å². The smallest absolute Gasteiger partial charge is 0.151 e. The van der Waals surface area contributed by atoms with E-state index in [4.69, 9.17) is 11.6 Å². The first-order valence-electron chi connectivity index (χ1n) is 5.79. The normalized spacial score (nSPS) is 11.2. The minimum Gasteiger partial charge on any atom is -0.295 e. The summed E-state index contributed by atoms with van der Waals surface area (Å²) in [7, 11) is 0. The van der Waals surface area contributed by atoms with Gasteiger partial charge in [-0.1, -0.05) is 6.07 Å². The van der Waals surface area contributed by atoms with Crippen LogP contribution in [0.4, 0.5) is 8.78 Å². The molecule has 0 aliphatic rings. The molecule has 3 aromatic rings. The lowest BCUT2D eigenvalue weighted by Crippen LogP contribution is -1.99. The van der Waals surface area contributed by atoms with Crippen LogP contribution in [0.3, 0.4) is 0 Å². The van der Waals surface area contributed by atoms with Gasteiger partial charge in [-0.05, 0) is 46.3 Å².